The van der Waals surface area contributed by atoms with Crippen molar-refractivity contribution in [2.24, 2.45) is 5.14 Å². The average Bonchev–Trinajstić information content (AvgIpc) is 2.56. The van der Waals surface area contributed by atoms with E-state index < -0.39 is 16.2 Å². The molecule has 0 unspecified atom stereocenters. The number of aryl methyl sites for hydroxylation is 1. The summed E-state index contributed by atoms with van der Waals surface area (Å²) < 4.78 is 34.9. The highest BCUT2D eigenvalue weighted by Gasteiger charge is 2.06. The molecule has 0 saturated heterocycles. The molecule has 0 aliphatic heterocycles. The van der Waals surface area contributed by atoms with Crippen LogP contribution in [0, 0.1) is 0 Å². The lowest BCUT2D eigenvalue weighted by atomic mass is 10.1. The Bertz CT molecular complexity index is 588. The fourth-order valence-corrected chi connectivity index (χ4v) is 3.72. The quantitative estimate of drug-likeness (QED) is 0.491. The van der Waals surface area contributed by atoms with Crippen LogP contribution in [0.4, 0.5) is 4.39 Å². The van der Waals surface area contributed by atoms with Crippen molar-refractivity contribution in [3.63, 3.8) is 0 Å². The highest BCUT2D eigenvalue weighted by Crippen LogP contribution is 2.11. The third-order valence-corrected chi connectivity index (χ3v) is 5.34. The molecule has 0 saturated carbocycles. The van der Waals surface area contributed by atoms with Crippen LogP contribution < -0.4 is 5.14 Å². The summed E-state index contributed by atoms with van der Waals surface area (Å²) in [6.07, 6.45) is 6.51. The predicted molar refractivity (Wildman–Crippen MR) is 107 cm³/mol. The number of sulfonamides is 1. The zero-order valence-corrected chi connectivity index (χ0v) is 17.1. The second-order valence-electron chi connectivity index (χ2n) is 7.15. The molecule has 2 N–H and O–H groups in total. The van der Waals surface area contributed by atoms with Crippen LogP contribution in [0.5, 0.6) is 0 Å². The molecule has 0 radical (unpaired) electrons. The number of halogens is 1. The van der Waals surface area contributed by atoms with Crippen molar-refractivity contribution in [1.29, 1.82) is 0 Å². The molecule has 26 heavy (non-hydrogen) atoms. The minimum Gasteiger partial charge on any atom is -0.304 e. The Morgan fingerprint density at radius 2 is 1.58 bits per heavy atom. The van der Waals surface area contributed by atoms with Crippen LogP contribution >= 0.6 is 0 Å². The third-order valence-electron chi connectivity index (χ3n) is 4.60. The number of nitrogens with two attached hydrogens (primary N) is 1. The van der Waals surface area contributed by atoms with Crippen LogP contribution in [0.15, 0.2) is 24.3 Å². The van der Waals surface area contributed by atoms with Crippen LogP contribution in [-0.2, 0) is 22.2 Å². The van der Waals surface area contributed by atoms with E-state index in [1.54, 1.807) is 6.92 Å². The smallest absolute Gasteiger partial charge is 0.213 e. The highest BCUT2D eigenvalue weighted by molar-refractivity contribution is 7.88. The number of rotatable bonds is 14. The number of nitrogens with zero attached hydrogens (tertiary/aromatic N) is 1. The van der Waals surface area contributed by atoms with Gasteiger partial charge in [-0.25, -0.2) is 17.9 Å². The maximum atomic E-state index is 12.8. The molecule has 0 spiro atoms. The second kappa shape index (κ2) is 12.4. The number of alkyl halides is 1. The van der Waals surface area contributed by atoms with Crippen molar-refractivity contribution in [3.05, 3.63) is 35.4 Å². The van der Waals surface area contributed by atoms with Gasteiger partial charge in [-0.15, -0.1) is 0 Å². The van der Waals surface area contributed by atoms with E-state index in [2.05, 4.69) is 11.8 Å². The summed E-state index contributed by atoms with van der Waals surface area (Å²) in [7, 11) is -3.46. The number of benzene rings is 1. The van der Waals surface area contributed by atoms with Crippen molar-refractivity contribution in [2.45, 2.75) is 70.7 Å². The van der Waals surface area contributed by atoms with Crippen LogP contribution in [-0.4, -0.2) is 39.1 Å². The predicted octanol–water partition coefficient (Wildman–Crippen LogP) is 4.04. The van der Waals surface area contributed by atoms with Gasteiger partial charge in [-0.3, -0.25) is 0 Å². The lowest BCUT2D eigenvalue weighted by molar-refractivity contribution is 0.270. The summed E-state index contributed by atoms with van der Waals surface area (Å²) in [6, 6.07) is 7.67. The minimum absolute atomic E-state index is 0.108. The van der Waals surface area contributed by atoms with Crippen LogP contribution in [0.1, 0.15) is 63.5 Å². The maximum absolute atomic E-state index is 12.8. The molecule has 1 rings (SSSR count). The van der Waals surface area contributed by atoms with E-state index >= 15 is 0 Å². The van der Waals surface area contributed by atoms with Gasteiger partial charge in [-0.05, 0) is 69.8 Å². The van der Waals surface area contributed by atoms with Crippen molar-refractivity contribution < 1.29 is 12.8 Å². The molecule has 0 amide bonds. The number of primary sulfonamides is 1. The number of hydrogen-bond donors (Lipinski definition) is 1. The minimum atomic E-state index is -3.46. The van der Waals surface area contributed by atoms with E-state index in [-0.39, 0.29) is 5.75 Å². The molecular weight excluding hydrogens is 351 g/mol. The summed E-state index contributed by atoms with van der Waals surface area (Å²) in [5.41, 5.74) is 1.96. The normalized spacial score (nSPS) is 13.3. The van der Waals surface area contributed by atoms with Gasteiger partial charge >= 0.3 is 0 Å². The summed E-state index contributed by atoms with van der Waals surface area (Å²) in [4.78, 5) is 2.47. The Morgan fingerprint density at radius 1 is 1.00 bits per heavy atom. The largest absolute Gasteiger partial charge is 0.304 e. The van der Waals surface area contributed by atoms with Gasteiger partial charge < -0.3 is 4.90 Å². The SMILES string of the molecule is CCN(CCCCC[C@H](C)F)CCCCc1ccc(CS(N)(=O)=O)cc1. The van der Waals surface area contributed by atoms with Gasteiger partial charge in [0, 0.05) is 0 Å². The van der Waals surface area contributed by atoms with E-state index in [0.717, 1.165) is 63.7 Å². The van der Waals surface area contributed by atoms with Gasteiger partial charge in [0.2, 0.25) is 10.0 Å². The molecule has 0 aliphatic rings. The molecule has 1 atom stereocenters. The standard InChI is InChI=1S/C20H35FN2O2S/c1-3-23(15-7-4-5-9-18(2)21)16-8-6-10-19-11-13-20(14-12-19)17-26(22,24)25/h11-14,18H,3-10,15-17H2,1-2H3,(H2,22,24,25)/t18-/m0/s1. The van der Waals surface area contributed by atoms with Gasteiger partial charge in [0.05, 0.1) is 11.9 Å². The van der Waals surface area contributed by atoms with E-state index in [1.807, 2.05) is 24.3 Å². The average molecular weight is 387 g/mol. The fourth-order valence-electron chi connectivity index (χ4n) is 3.06. The van der Waals surface area contributed by atoms with Gasteiger partial charge in [0.1, 0.15) is 0 Å². The van der Waals surface area contributed by atoms with Crippen molar-refractivity contribution in [1.82, 2.24) is 4.90 Å². The molecule has 1 aromatic rings. The first kappa shape index (κ1) is 23.1. The first-order valence-corrected chi connectivity index (χ1v) is 11.5. The van der Waals surface area contributed by atoms with Crippen molar-refractivity contribution >= 4 is 10.0 Å². The summed E-state index contributed by atoms with van der Waals surface area (Å²) in [5, 5.41) is 5.06. The first-order chi connectivity index (χ1) is 12.3. The van der Waals surface area contributed by atoms with Crippen LogP contribution in [0.2, 0.25) is 0 Å². The summed E-state index contributed by atoms with van der Waals surface area (Å²) in [5.74, 6) is -0.108. The lowest BCUT2D eigenvalue weighted by Crippen LogP contribution is -2.25. The van der Waals surface area contributed by atoms with E-state index in [4.69, 9.17) is 5.14 Å². The topological polar surface area (TPSA) is 63.4 Å². The molecule has 0 aromatic heterocycles. The highest BCUT2D eigenvalue weighted by atomic mass is 32.2. The second-order valence-corrected chi connectivity index (χ2v) is 8.76. The number of hydrogen-bond acceptors (Lipinski definition) is 3. The Labute approximate surface area is 159 Å². The molecule has 0 heterocycles. The van der Waals surface area contributed by atoms with Gasteiger partial charge in [-0.1, -0.05) is 44.0 Å². The Morgan fingerprint density at radius 3 is 2.12 bits per heavy atom. The summed E-state index contributed by atoms with van der Waals surface area (Å²) >= 11 is 0. The van der Waals surface area contributed by atoms with E-state index in [1.165, 1.54) is 5.56 Å². The molecule has 0 fully saturated rings. The van der Waals surface area contributed by atoms with E-state index in [9.17, 15) is 12.8 Å². The monoisotopic (exact) mass is 386 g/mol. The Hall–Kier alpha value is -0.980. The Balaban J connectivity index is 2.19. The first-order valence-electron chi connectivity index (χ1n) is 9.75. The molecule has 4 nitrogen and oxygen atoms in total. The Kier molecular flexibility index (Phi) is 11.0. The van der Waals surface area contributed by atoms with Gasteiger partial charge in [-0.2, -0.15) is 0 Å². The zero-order chi connectivity index (χ0) is 19.4. The van der Waals surface area contributed by atoms with Crippen LogP contribution in [0.3, 0.4) is 0 Å². The molecule has 150 valence electrons. The fraction of sp³-hybridized carbons (Fsp3) is 0.700. The molecule has 6 heteroatoms. The van der Waals surface area contributed by atoms with Crippen molar-refractivity contribution in [2.75, 3.05) is 19.6 Å². The van der Waals surface area contributed by atoms with Gasteiger partial charge in [0.15, 0.2) is 0 Å². The molecule has 0 aliphatic carbocycles. The maximum Gasteiger partial charge on any atom is 0.213 e. The molecular formula is C20H35FN2O2S. The zero-order valence-electron chi connectivity index (χ0n) is 16.3. The summed E-state index contributed by atoms with van der Waals surface area (Å²) in [6.45, 7) is 7.07. The van der Waals surface area contributed by atoms with Crippen molar-refractivity contribution in [3.8, 4) is 0 Å². The third kappa shape index (κ3) is 11.6. The number of unbranched alkanes of at least 4 members (excludes halogenated alkanes) is 3. The molecule has 0 bridgehead atoms. The lowest BCUT2D eigenvalue weighted by Gasteiger charge is -2.20. The van der Waals surface area contributed by atoms with Gasteiger partial charge in [0.25, 0.3) is 0 Å². The van der Waals surface area contributed by atoms with Crippen LogP contribution in [0.25, 0.3) is 0 Å². The molecule has 1 aromatic carbocycles. The van der Waals surface area contributed by atoms with E-state index in [0.29, 0.717) is 6.42 Å².